The molecule has 1 aliphatic heterocycles. The highest BCUT2D eigenvalue weighted by atomic mass is 16.6. The Kier molecular flexibility index (Phi) is 5.21. The van der Waals surface area contributed by atoms with Gasteiger partial charge in [0.15, 0.2) is 11.5 Å². The number of esters is 1. The molecule has 146 valence electrons. The van der Waals surface area contributed by atoms with Gasteiger partial charge in [-0.2, -0.15) is 0 Å². The molecule has 2 unspecified atom stereocenters. The van der Waals surface area contributed by atoms with Gasteiger partial charge < -0.3 is 19.3 Å². The van der Waals surface area contributed by atoms with Crippen molar-refractivity contribution >= 4 is 17.7 Å². The van der Waals surface area contributed by atoms with Gasteiger partial charge in [0.05, 0.1) is 11.0 Å². The van der Waals surface area contributed by atoms with E-state index in [1.54, 1.807) is 26.0 Å². The van der Waals surface area contributed by atoms with E-state index in [1.807, 2.05) is 6.92 Å². The van der Waals surface area contributed by atoms with Crippen LogP contribution in [0.15, 0.2) is 36.4 Å². The van der Waals surface area contributed by atoms with E-state index in [1.165, 1.54) is 24.3 Å². The normalized spacial score (nSPS) is 18.1. The van der Waals surface area contributed by atoms with Gasteiger partial charge in [0.25, 0.3) is 0 Å². The Hall–Kier alpha value is -3.55. The molecule has 0 radical (unpaired) electrons. The fourth-order valence-corrected chi connectivity index (χ4v) is 2.62. The highest BCUT2D eigenvalue weighted by molar-refractivity contribution is 5.89. The largest absolute Gasteiger partial charge is 0.508 e. The monoisotopic (exact) mass is 385 g/mol. The lowest BCUT2D eigenvalue weighted by Crippen LogP contribution is -2.35. The van der Waals surface area contributed by atoms with E-state index < -0.39 is 16.6 Å². The number of aryl methyl sites for hydroxylation is 1. The lowest BCUT2D eigenvalue weighted by molar-refractivity contribution is -0.385. The summed E-state index contributed by atoms with van der Waals surface area (Å²) < 4.78 is 16.4. The molecule has 1 heterocycles. The Bertz CT molecular complexity index is 967. The van der Waals surface area contributed by atoms with Gasteiger partial charge in [0.2, 0.25) is 5.75 Å². The summed E-state index contributed by atoms with van der Waals surface area (Å²) in [6, 6.07) is 7.29. The summed E-state index contributed by atoms with van der Waals surface area (Å²) >= 11 is 0. The molecule has 0 bridgehead atoms. The number of hydrogen-bond acceptors (Lipinski definition) is 7. The number of aromatic hydroxyl groups is 1. The fourth-order valence-electron chi connectivity index (χ4n) is 2.62. The highest BCUT2D eigenvalue weighted by Gasteiger charge is 2.30. The minimum Gasteiger partial charge on any atom is -0.508 e. The van der Waals surface area contributed by atoms with Gasteiger partial charge in [-0.05, 0) is 50.1 Å². The van der Waals surface area contributed by atoms with E-state index in [4.69, 9.17) is 14.2 Å². The maximum atomic E-state index is 12.1. The van der Waals surface area contributed by atoms with Crippen LogP contribution >= 0.6 is 0 Å². The summed E-state index contributed by atoms with van der Waals surface area (Å²) in [5, 5.41) is 20.9. The zero-order valence-electron chi connectivity index (χ0n) is 15.5. The molecular weight excluding hydrogens is 366 g/mol. The minimum atomic E-state index is -0.785. The van der Waals surface area contributed by atoms with Crippen molar-refractivity contribution in [3.63, 3.8) is 0 Å². The van der Waals surface area contributed by atoms with Gasteiger partial charge in [0.1, 0.15) is 18.0 Å². The van der Waals surface area contributed by atoms with E-state index in [0.717, 1.165) is 6.08 Å². The third-order valence-corrected chi connectivity index (χ3v) is 4.35. The number of fused-ring (bicyclic) bond motifs is 1. The quantitative estimate of drug-likeness (QED) is 0.280. The van der Waals surface area contributed by atoms with Crippen molar-refractivity contribution in [1.82, 2.24) is 0 Å². The lowest BCUT2D eigenvalue weighted by Gasteiger charge is -2.29. The van der Waals surface area contributed by atoms with Crippen molar-refractivity contribution in [2.24, 2.45) is 0 Å². The molecule has 3 rings (SSSR count). The van der Waals surface area contributed by atoms with Crippen molar-refractivity contribution in [1.29, 1.82) is 0 Å². The smallest absolute Gasteiger partial charge is 0.336 e. The molecule has 28 heavy (non-hydrogen) atoms. The Balaban J connectivity index is 1.83. The number of phenolic OH excluding ortho intramolecular Hbond substituents is 1. The average Bonchev–Trinajstić information content (AvgIpc) is 2.63. The van der Waals surface area contributed by atoms with Gasteiger partial charge in [-0.15, -0.1) is 0 Å². The number of carbonyl (C=O) groups is 1. The van der Waals surface area contributed by atoms with Crippen LogP contribution in [0.2, 0.25) is 0 Å². The standard InChI is InChI=1S/C20H19NO7/c1-11-8-14(4-6-16(11)22)5-7-20(23)28-17-10-19-18(9-15(17)21(24)25)26-12(2)13(3)27-19/h4-10,12-13,22H,1-3H3/b7-5+. The maximum Gasteiger partial charge on any atom is 0.336 e. The van der Waals surface area contributed by atoms with Crippen LogP contribution in [0.4, 0.5) is 5.69 Å². The molecule has 0 aliphatic carbocycles. The second kappa shape index (κ2) is 7.59. The molecule has 0 saturated heterocycles. The number of phenols is 1. The molecule has 0 saturated carbocycles. The van der Waals surface area contributed by atoms with Gasteiger partial charge in [-0.1, -0.05) is 6.07 Å². The van der Waals surface area contributed by atoms with E-state index in [9.17, 15) is 20.0 Å². The van der Waals surface area contributed by atoms with Crippen LogP contribution in [-0.4, -0.2) is 28.2 Å². The molecule has 1 N–H and O–H groups in total. The summed E-state index contributed by atoms with van der Waals surface area (Å²) in [6.07, 6.45) is 2.12. The number of nitrogens with zero attached hydrogens (tertiary/aromatic N) is 1. The predicted octanol–water partition coefficient (Wildman–Crippen LogP) is 3.78. The highest BCUT2D eigenvalue weighted by Crippen LogP contribution is 2.42. The Labute approximate surface area is 161 Å². The number of nitro groups is 1. The van der Waals surface area contributed by atoms with Crippen LogP contribution in [0, 0.1) is 17.0 Å². The van der Waals surface area contributed by atoms with Crippen LogP contribution < -0.4 is 14.2 Å². The minimum absolute atomic E-state index is 0.148. The molecule has 0 amide bonds. The molecule has 2 aromatic rings. The summed E-state index contributed by atoms with van der Waals surface area (Å²) in [5.74, 6) is -0.364. The number of carbonyl (C=O) groups excluding carboxylic acids is 1. The predicted molar refractivity (Wildman–Crippen MR) is 101 cm³/mol. The first kappa shape index (κ1) is 19.2. The van der Waals surface area contributed by atoms with Crippen molar-refractivity contribution < 1.29 is 29.0 Å². The third kappa shape index (κ3) is 4.06. The van der Waals surface area contributed by atoms with Crippen molar-refractivity contribution in [2.75, 3.05) is 0 Å². The molecule has 2 atom stereocenters. The Morgan fingerprint density at radius 2 is 1.82 bits per heavy atom. The SMILES string of the molecule is Cc1cc(/C=C/C(=O)Oc2cc3c(cc2[N+](=O)[O-])OC(C)C(C)O3)ccc1O. The van der Waals surface area contributed by atoms with Crippen LogP contribution in [0.5, 0.6) is 23.0 Å². The number of benzene rings is 2. The van der Waals surface area contributed by atoms with Crippen molar-refractivity contribution in [2.45, 2.75) is 33.0 Å². The first-order chi connectivity index (χ1) is 13.2. The second-order valence-corrected chi connectivity index (χ2v) is 6.47. The molecule has 0 spiro atoms. The second-order valence-electron chi connectivity index (χ2n) is 6.47. The molecule has 8 heteroatoms. The third-order valence-electron chi connectivity index (χ3n) is 4.35. The maximum absolute atomic E-state index is 12.1. The van der Waals surface area contributed by atoms with Gasteiger partial charge in [-0.25, -0.2) is 4.79 Å². The van der Waals surface area contributed by atoms with Crippen LogP contribution in [0.3, 0.4) is 0 Å². The Morgan fingerprint density at radius 1 is 1.18 bits per heavy atom. The number of rotatable bonds is 4. The van der Waals surface area contributed by atoms with E-state index in [0.29, 0.717) is 11.1 Å². The Morgan fingerprint density at radius 3 is 2.43 bits per heavy atom. The molecule has 0 aromatic heterocycles. The van der Waals surface area contributed by atoms with Gasteiger partial charge in [0, 0.05) is 12.1 Å². The molecule has 8 nitrogen and oxygen atoms in total. The fraction of sp³-hybridized carbons (Fsp3) is 0.250. The summed E-state index contributed by atoms with van der Waals surface area (Å²) in [5.41, 5.74) is 0.930. The van der Waals surface area contributed by atoms with E-state index in [-0.39, 0.29) is 35.2 Å². The number of hydrogen-bond donors (Lipinski definition) is 1. The molecular formula is C20H19NO7. The molecule has 0 fully saturated rings. The lowest BCUT2D eigenvalue weighted by atomic mass is 10.1. The summed E-state index contributed by atoms with van der Waals surface area (Å²) in [6.45, 7) is 5.33. The summed E-state index contributed by atoms with van der Waals surface area (Å²) in [7, 11) is 0. The first-order valence-corrected chi connectivity index (χ1v) is 8.60. The number of ether oxygens (including phenoxy) is 3. The van der Waals surface area contributed by atoms with Crippen molar-refractivity contribution in [3.8, 4) is 23.0 Å². The zero-order chi connectivity index (χ0) is 20.4. The molecule has 2 aromatic carbocycles. The molecule has 1 aliphatic rings. The van der Waals surface area contributed by atoms with Gasteiger partial charge >= 0.3 is 11.7 Å². The van der Waals surface area contributed by atoms with Crippen molar-refractivity contribution in [3.05, 3.63) is 57.6 Å². The topological polar surface area (TPSA) is 108 Å². The number of nitro benzene ring substituents is 1. The van der Waals surface area contributed by atoms with E-state index in [2.05, 4.69) is 0 Å². The zero-order valence-corrected chi connectivity index (χ0v) is 15.5. The summed E-state index contributed by atoms with van der Waals surface area (Å²) in [4.78, 5) is 22.9. The first-order valence-electron chi connectivity index (χ1n) is 8.60. The van der Waals surface area contributed by atoms with Crippen LogP contribution in [-0.2, 0) is 4.79 Å². The average molecular weight is 385 g/mol. The van der Waals surface area contributed by atoms with Crippen LogP contribution in [0.1, 0.15) is 25.0 Å². The van der Waals surface area contributed by atoms with E-state index >= 15 is 0 Å². The van der Waals surface area contributed by atoms with Crippen LogP contribution in [0.25, 0.3) is 6.08 Å². The van der Waals surface area contributed by atoms with Gasteiger partial charge in [-0.3, -0.25) is 10.1 Å².